The lowest BCUT2D eigenvalue weighted by Crippen LogP contribution is -2.74. The number of anilines is 6. The Hall–Kier alpha value is -11.8. The molecule has 0 bridgehead atoms. The molecule has 3 heterocycles. The molecular weight excluding hydrogens is 1290 g/mol. The highest BCUT2D eigenvalue weighted by molar-refractivity contribution is 7.20. The first kappa shape index (κ1) is 64.3. The highest BCUT2D eigenvalue weighted by Crippen LogP contribution is 2.49. The van der Waals surface area contributed by atoms with E-state index in [9.17, 15) is 0 Å². The fourth-order valence-electron chi connectivity index (χ4n) is 17.5. The van der Waals surface area contributed by atoms with Crippen molar-refractivity contribution in [3.8, 4) is 27.9 Å². The summed E-state index contributed by atoms with van der Waals surface area (Å²) in [4.78, 5) is 5.36. The lowest BCUT2D eigenvalue weighted by Gasteiger charge is -2.45. The molecule has 15 aromatic carbocycles. The molecule has 0 aliphatic carbocycles. The molecule has 0 saturated carbocycles. The van der Waals surface area contributed by atoms with Crippen LogP contribution in [0.1, 0.15) is 52.7 Å². The van der Waals surface area contributed by atoms with Gasteiger partial charge in [-0.25, -0.2) is 0 Å². The Balaban J connectivity index is 0.988. The van der Waals surface area contributed by atoms with Gasteiger partial charge in [-0.1, -0.05) is 363 Å². The van der Waals surface area contributed by atoms with Gasteiger partial charge in [-0.15, -0.1) is 0 Å². The summed E-state index contributed by atoms with van der Waals surface area (Å²) in [7, 11) is -6.17. The normalized spacial score (nSPS) is 12.8. The predicted molar refractivity (Wildman–Crippen MR) is 450 cm³/mol. The summed E-state index contributed by atoms with van der Waals surface area (Å²) in [5.74, 6) is 0. The van der Waals surface area contributed by atoms with Crippen LogP contribution in [0.15, 0.2) is 376 Å². The van der Waals surface area contributed by atoms with E-state index in [0.717, 1.165) is 45.2 Å². The Labute approximate surface area is 614 Å². The van der Waals surface area contributed by atoms with Gasteiger partial charge in [0.05, 0.1) is 16.7 Å². The third-order valence-electron chi connectivity index (χ3n) is 22.4. The van der Waals surface area contributed by atoms with Crippen molar-refractivity contribution >= 4 is 137 Å². The molecule has 0 atom stereocenters. The second-order valence-corrected chi connectivity index (χ2v) is 38.0. The van der Waals surface area contributed by atoms with Gasteiger partial charge in [0.2, 0.25) is 0 Å². The minimum Gasteiger partial charge on any atom is -0.311 e. The summed E-state index contributed by atoms with van der Waals surface area (Å²) in [6.07, 6.45) is 0. The van der Waals surface area contributed by atoms with Crippen molar-refractivity contribution < 1.29 is 0 Å². The molecular formula is C98H80BN3Si2. The van der Waals surface area contributed by atoms with E-state index >= 15 is 0 Å². The summed E-state index contributed by atoms with van der Waals surface area (Å²) >= 11 is 0. The summed E-state index contributed by atoms with van der Waals surface area (Å²) < 4.78 is 2.54. The van der Waals surface area contributed by atoms with E-state index in [1.54, 1.807) is 0 Å². The molecule has 104 heavy (non-hydrogen) atoms. The van der Waals surface area contributed by atoms with Gasteiger partial charge in [0.15, 0.2) is 16.1 Å². The molecule has 18 rings (SSSR count). The zero-order valence-corrected chi connectivity index (χ0v) is 61.7. The summed E-state index contributed by atoms with van der Waals surface area (Å²) in [6, 6.07) is 144. The number of hydrogen-bond acceptors (Lipinski definition) is 2. The number of fused-ring (bicyclic) bond motifs is 7. The van der Waals surface area contributed by atoms with Gasteiger partial charge < -0.3 is 14.4 Å². The number of rotatable bonds is 13. The summed E-state index contributed by atoms with van der Waals surface area (Å²) in [5.41, 5.74) is 21.2. The lowest BCUT2D eigenvalue weighted by molar-refractivity contribution is 0.590. The SMILES string of the molecule is CC(C)(C)c1ccc(-c2ccc3c(c2)B2c4cccc(-c5ccc(C(C)(C)C)cc5)c4N(c4cccc([Si](c5ccccc5)(c5ccccc5)c5ccccc5)c4)c4cc(-n5c6ccccc6c6ccccc65)cc(c42)N3c2cccc([Si](c3ccccc3)(c3ccccc3)c3ccccc3)c2)cc1. The second-order valence-electron chi connectivity index (χ2n) is 30.3. The highest BCUT2D eigenvalue weighted by atomic mass is 28.3. The molecule has 6 heteroatoms. The molecule has 3 nitrogen and oxygen atoms in total. The fraction of sp³-hybridized carbons (Fsp3) is 0.0816. The van der Waals surface area contributed by atoms with Gasteiger partial charge in [0.1, 0.15) is 0 Å². The van der Waals surface area contributed by atoms with Crippen molar-refractivity contribution in [3.63, 3.8) is 0 Å². The van der Waals surface area contributed by atoms with E-state index in [1.807, 2.05) is 0 Å². The Morgan fingerprint density at radius 1 is 0.260 bits per heavy atom. The number of benzene rings is 15. The molecule has 2 aliphatic heterocycles. The lowest BCUT2D eigenvalue weighted by atomic mass is 9.33. The first-order valence-corrected chi connectivity index (χ1v) is 40.7. The first-order valence-electron chi connectivity index (χ1n) is 36.7. The van der Waals surface area contributed by atoms with E-state index in [0.29, 0.717) is 0 Å². The predicted octanol–water partition coefficient (Wildman–Crippen LogP) is 17.6. The maximum atomic E-state index is 2.70. The van der Waals surface area contributed by atoms with Crippen LogP contribution < -0.4 is 67.7 Å². The van der Waals surface area contributed by atoms with E-state index in [-0.39, 0.29) is 17.5 Å². The monoisotopic (exact) mass is 1370 g/mol. The van der Waals surface area contributed by atoms with Crippen LogP contribution >= 0.6 is 0 Å². The average Bonchev–Trinajstić information content (AvgIpc) is 0.795. The zero-order chi connectivity index (χ0) is 70.3. The van der Waals surface area contributed by atoms with Crippen molar-refractivity contribution in [2.75, 3.05) is 9.80 Å². The van der Waals surface area contributed by atoms with E-state index in [2.05, 4.69) is 432 Å². The standard InChI is InChI=1S/C98H80BN3Si2/c1-97(2,3)72-59-54-69(55-60-72)71-58-63-92-89(64-71)99-88-51-31-50-85(70-56-61-73(62-57-70)98(4,5)6)96(88)102(75-33-30-47-84(66-75)104(80-40-19-10-20-41-80,81-42-21-11-22-43-81)82-44-23-12-24-45-82)94-68-76(101-90-52-27-25-48-86(90)87-49-26-28-53-91(87)101)67-93(95(94)99)100(92)74-32-29-46-83(65-74)103(77-34-13-7-14-35-77,78-36-15-8-16-37-78)79-38-17-9-18-39-79/h7-68H,1-6H3. The third-order valence-corrected chi connectivity index (χ3v) is 31.9. The fourth-order valence-corrected chi connectivity index (χ4v) is 27.1. The van der Waals surface area contributed by atoms with Crippen molar-refractivity contribution in [3.05, 3.63) is 387 Å². The topological polar surface area (TPSA) is 11.4 Å². The van der Waals surface area contributed by atoms with Crippen LogP contribution in [-0.4, -0.2) is 27.4 Å². The molecule has 0 saturated heterocycles. The quantitative estimate of drug-likeness (QED) is 0.0842. The smallest absolute Gasteiger partial charge is 0.252 e. The van der Waals surface area contributed by atoms with Gasteiger partial charge >= 0.3 is 0 Å². The molecule has 1 aromatic heterocycles. The van der Waals surface area contributed by atoms with Gasteiger partial charge in [-0.2, -0.15) is 0 Å². The second kappa shape index (κ2) is 25.6. The van der Waals surface area contributed by atoms with E-state index < -0.39 is 16.1 Å². The Morgan fingerprint density at radius 3 is 1.06 bits per heavy atom. The van der Waals surface area contributed by atoms with Gasteiger partial charge in [-0.05, 0) is 151 Å². The van der Waals surface area contributed by atoms with Crippen molar-refractivity contribution in [2.45, 2.75) is 52.4 Å². The summed E-state index contributed by atoms with van der Waals surface area (Å²) in [5, 5.41) is 13.0. The van der Waals surface area contributed by atoms with Crippen molar-refractivity contribution in [2.24, 2.45) is 0 Å². The summed E-state index contributed by atoms with van der Waals surface area (Å²) in [6.45, 7) is 13.6. The molecule has 0 radical (unpaired) electrons. The molecule has 0 spiro atoms. The number of aromatic nitrogens is 1. The van der Waals surface area contributed by atoms with Gasteiger partial charge in [0, 0.05) is 50.5 Å². The van der Waals surface area contributed by atoms with Crippen LogP contribution in [0, 0.1) is 0 Å². The van der Waals surface area contributed by atoms with Crippen LogP contribution in [0.4, 0.5) is 34.1 Å². The average molecular weight is 1370 g/mol. The van der Waals surface area contributed by atoms with Crippen LogP contribution in [0.25, 0.3) is 49.7 Å². The van der Waals surface area contributed by atoms with Crippen molar-refractivity contribution in [1.82, 2.24) is 4.57 Å². The third kappa shape index (κ3) is 10.5. The van der Waals surface area contributed by atoms with Gasteiger partial charge in [0.25, 0.3) is 6.71 Å². The molecule has 498 valence electrons. The largest absolute Gasteiger partial charge is 0.311 e. The molecule has 0 N–H and O–H groups in total. The highest BCUT2D eigenvalue weighted by Gasteiger charge is 2.48. The molecule has 0 amide bonds. The van der Waals surface area contributed by atoms with Crippen LogP contribution in [-0.2, 0) is 10.8 Å². The minimum absolute atomic E-state index is 0.000116. The Kier molecular flexibility index (Phi) is 15.8. The van der Waals surface area contributed by atoms with E-state index in [1.165, 1.54) is 108 Å². The Bertz CT molecular complexity index is 5620. The number of nitrogens with zero attached hydrogens (tertiary/aromatic N) is 3. The van der Waals surface area contributed by atoms with Crippen LogP contribution in [0.5, 0.6) is 0 Å². The molecule has 0 unspecified atom stereocenters. The van der Waals surface area contributed by atoms with Gasteiger partial charge in [-0.3, -0.25) is 0 Å². The Morgan fingerprint density at radius 2 is 0.625 bits per heavy atom. The van der Waals surface area contributed by atoms with Crippen LogP contribution in [0.2, 0.25) is 0 Å². The minimum atomic E-state index is -3.10. The first-order chi connectivity index (χ1) is 50.9. The molecule has 16 aromatic rings. The van der Waals surface area contributed by atoms with E-state index in [4.69, 9.17) is 0 Å². The molecule has 0 fully saturated rings. The maximum absolute atomic E-state index is 3.10. The zero-order valence-electron chi connectivity index (χ0n) is 59.7. The van der Waals surface area contributed by atoms with Crippen molar-refractivity contribution in [1.29, 1.82) is 0 Å². The number of para-hydroxylation sites is 3. The van der Waals surface area contributed by atoms with Crippen LogP contribution in [0.3, 0.4) is 0 Å². The molecule has 2 aliphatic rings. The maximum Gasteiger partial charge on any atom is 0.252 e. The number of hydrogen-bond donors (Lipinski definition) is 0.